The fraction of sp³-hybridized carbons (Fsp3) is 0. The fourth-order valence-corrected chi connectivity index (χ4v) is 2.94. The van der Waals surface area contributed by atoms with Gasteiger partial charge >= 0.3 is 0 Å². The summed E-state index contributed by atoms with van der Waals surface area (Å²) in [5.74, 6) is -0.257. The Balaban J connectivity index is 1.66. The standard InChI is InChI=1S/C22H14Cl2N2O/c23-19-9-5-18(21(24)13-19)8-12-22(27)26-20-10-6-17(7-11-20)16-3-1-15(14-25)2-4-16/h1-13H,(H,26,27)/b12-8+. The van der Waals surface area contributed by atoms with E-state index in [0.717, 1.165) is 11.1 Å². The first-order chi connectivity index (χ1) is 13.0. The normalized spacial score (nSPS) is 10.6. The van der Waals surface area contributed by atoms with E-state index in [-0.39, 0.29) is 5.91 Å². The molecule has 0 aliphatic rings. The summed E-state index contributed by atoms with van der Waals surface area (Å²) in [6.07, 6.45) is 3.06. The molecular weight excluding hydrogens is 379 g/mol. The van der Waals surface area contributed by atoms with Crippen molar-refractivity contribution in [3.8, 4) is 17.2 Å². The van der Waals surface area contributed by atoms with Crippen LogP contribution in [-0.4, -0.2) is 5.91 Å². The smallest absolute Gasteiger partial charge is 0.248 e. The highest BCUT2D eigenvalue weighted by Gasteiger charge is 2.02. The van der Waals surface area contributed by atoms with Crippen LogP contribution in [0.2, 0.25) is 10.0 Å². The van der Waals surface area contributed by atoms with Crippen LogP contribution >= 0.6 is 23.2 Å². The Bertz CT molecular complexity index is 1030. The van der Waals surface area contributed by atoms with Crippen LogP contribution in [0, 0.1) is 11.3 Å². The number of hydrogen-bond acceptors (Lipinski definition) is 2. The van der Waals surface area contributed by atoms with Gasteiger partial charge in [-0.15, -0.1) is 0 Å². The lowest BCUT2D eigenvalue weighted by molar-refractivity contribution is -0.111. The van der Waals surface area contributed by atoms with Gasteiger partial charge in [-0.1, -0.05) is 53.5 Å². The van der Waals surface area contributed by atoms with Gasteiger partial charge in [-0.2, -0.15) is 5.26 Å². The van der Waals surface area contributed by atoms with Crippen LogP contribution in [0.4, 0.5) is 5.69 Å². The number of halogens is 2. The third-order valence-electron chi connectivity index (χ3n) is 3.88. The first-order valence-electron chi connectivity index (χ1n) is 8.10. The van der Waals surface area contributed by atoms with Gasteiger partial charge in [0.25, 0.3) is 0 Å². The Kier molecular flexibility index (Phi) is 5.93. The summed E-state index contributed by atoms with van der Waals surface area (Å²) in [5.41, 5.74) is 4.02. The molecule has 0 aromatic heterocycles. The zero-order chi connectivity index (χ0) is 19.2. The number of rotatable bonds is 4. The van der Waals surface area contributed by atoms with Gasteiger partial charge in [0.2, 0.25) is 5.91 Å². The molecule has 0 aliphatic carbocycles. The van der Waals surface area contributed by atoms with E-state index in [4.69, 9.17) is 28.5 Å². The Morgan fingerprint density at radius 2 is 1.56 bits per heavy atom. The highest BCUT2D eigenvalue weighted by molar-refractivity contribution is 6.35. The topological polar surface area (TPSA) is 52.9 Å². The number of nitrogens with one attached hydrogen (secondary N) is 1. The van der Waals surface area contributed by atoms with E-state index in [9.17, 15) is 4.79 Å². The molecule has 1 amide bonds. The second-order valence-corrected chi connectivity index (χ2v) is 6.60. The molecule has 5 heteroatoms. The minimum absolute atomic E-state index is 0.257. The SMILES string of the molecule is N#Cc1ccc(-c2ccc(NC(=O)/C=C/c3ccc(Cl)cc3Cl)cc2)cc1. The molecule has 3 nitrogen and oxygen atoms in total. The predicted molar refractivity (Wildman–Crippen MR) is 111 cm³/mol. The van der Waals surface area contributed by atoms with Gasteiger partial charge in [0, 0.05) is 21.8 Å². The van der Waals surface area contributed by atoms with Crippen molar-refractivity contribution in [1.29, 1.82) is 5.26 Å². The number of anilines is 1. The molecule has 0 saturated carbocycles. The number of carbonyl (C=O) groups excluding carboxylic acids is 1. The molecule has 0 aliphatic heterocycles. The summed E-state index contributed by atoms with van der Waals surface area (Å²) in [6, 6.07) is 22.0. The number of nitriles is 1. The minimum Gasteiger partial charge on any atom is -0.323 e. The minimum atomic E-state index is -0.257. The molecule has 0 fully saturated rings. The Morgan fingerprint density at radius 1 is 0.926 bits per heavy atom. The highest BCUT2D eigenvalue weighted by atomic mass is 35.5. The third kappa shape index (κ3) is 4.98. The van der Waals surface area contributed by atoms with Crippen molar-refractivity contribution in [2.45, 2.75) is 0 Å². The van der Waals surface area contributed by atoms with E-state index in [1.54, 1.807) is 36.4 Å². The largest absolute Gasteiger partial charge is 0.323 e. The Morgan fingerprint density at radius 3 is 2.15 bits per heavy atom. The maximum Gasteiger partial charge on any atom is 0.248 e. The quantitative estimate of drug-likeness (QED) is 0.538. The van der Waals surface area contributed by atoms with Crippen molar-refractivity contribution in [3.63, 3.8) is 0 Å². The summed E-state index contributed by atoms with van der Waals surface area (Å²) in [6.45, 7) is 0. The number of carbonyl (C=O) groups is 1. The summed E-state index contributed by atoms with van der Waals surface area (Å²) in [7, 11) is 0. The number of amides is 1. The van der Waals surface area contributed by atoms with Crippen LogP contribution in [0.5, 0.6) is 0 Å². The van der Waals surface area contributed by atoms with E-state index in [1.807, 2.05) is 36.4 Å². The van der Waals surface area contributed by atoms with Crippen LogP contribution in [0.25, 0.3) is 17.2 Å². The van der Waals surface area contributed by atoms with E-state index in [1.165, 1.54) is 6.08 Å². The van der Waals surface area contributed by atoms with E-state index in [2.05, 4.69) is 11.4 Å². The molecule has 132 valence electrons. The van der Waals surface area contributed by atoms with Crippen molar-refractivity contribution >= 4 is 40.9 Å². The van der Waals surface area contributed by atoms with Crippen LogP contribution in [0.3, 0.4) is 0 Å². The van der Waals surface area contributed by atoms with Gasteiger partial charge in [0.15, 0.2) is 0 Å². The van der Waals surface area contributed by atoms with E-state index in [0.29, 0.717) is 26.9 Å². The van der Waals surface area contributed by atoms with Crippen molar-refractivity contribution in [2.75, 3.05) is 5.32 Å². The monoisotopic (exact) mass is 392 g/mol. The lowest BCUT2D eigenvalue weighted by Gasteiger charge is -2.05. The Labute approximate surface area is 167 Å². The van der Waals surface area contributed by atoms with Crippen molar-refractivity contribution in [3.05, 3.63) is 94.0 Å². The summed E-state index contributed by atoms with van der Waals surface area (Å²) in [4.78, 5) is 12.1. The van der Waals surface area contributed by atoms with Gasteiger partial charge in [0.1, 0.15) is 0 Å². The summed E-state index contributed by atoms with van der Waals surface area (Å²) in [5, 5.41) is 12.7. The first kappa shape index (κ1) is 18.7. The molecule has 0 heterocycles. The average molecular weight is 393 g/mol. The maximum absolute atomic E-state index is 12.1. The van der Waals surface area contributed by atoms with Crippen LogP contribution in [-0.2, 0) is 4.79 Å². The summed E-state index contributed by atoms with van der Waals surface area (Å²) < 4.78 is 0. The van der Waals surface area contributed by atoms with Crippen molar-refractivity contribution < 1.29 is 4.79 Å². The second kappa shape index (κ2) is 8.55. The van der Waals surface area contributed by atoms with Crippen molar-refractivity contribution in [1.82, 2.24) is 0 Å². The number of hydrogen-bond donors (Lipinski definition) is 1. The zero-order valence-corrected chi connectivity index (χ0v) is 15.6. The molecule has 0 radical (unpaired) electrons. The first-order valence-corrected chi connectivity index (χ1v) is 8.85. The molecule has 0 spiro atoms. The predicted octanol–water partition coefficient (Wildman–Crippen LogP) is 6.18. The lowest BCUT2D eigenvalue weighted by Crippen LogP contribution is -2.07. The van der Waals surface area contributed by atoms with Gasteiger partial charge in [-0.05, 0) is 59.2 Å². The van der Waals surface area contributed by atoms with Gasteiger partial charge in [-0.3, -0.25) is 4.79 Å². The second-order valence-electron chi connectivity index (χ2n) is 5.75. The van der Waals surface area contributed by atoms with Gasteiger partial charge < -0.3 is 5.32 Å². The fourth-order valence-electron chi connectivity index (χ4n) is 2.47. The summed E-state index contributed by atoms with van der Waals surface area (Å²) >= 11 is 11.9. The molecule has 3 aromatic carbocycles. The molecule has 27 heavy (non-hydrogen) atoms. The number of benzene rings is 3. The maximum atomic E-state index is 12.1. The molecule has 3 rings (SSSR count). The Hall–Kier alpha value is -3.06. The van der Waals surface area contributed by atoms with Crippen LogP contribution in [0.15, 0.2) is 72.8 Å². The molecule has 3 aromatic rings. The number of nitrogens with zero attached hydrogens (tertiary/aromatic N) is 1. The van der Waals surface area contributed by atoms with E-state index < -0.39 is 0 Å². The third-order valence-corrected chi connectivity index (χ3v) is 4.44. The molecule has 0 bridgehead atoms. The van der Waals surface area contributed by atoms with Crippen molar-refractivity contribution in [2.24, 2.45) is 0 Å². The van der Waals surface area contributed by atoms with Gasteiger partial charge in [-0.25, -0.2) is 0 Å². The molecule has 1 N–H and O–H groups in total. The lowest BCUT2D eigenvalue weighted by atomic mass is 10.0. The highest BCUT2D eigenvalue weighted by Crippen LogP contribution is 2.23. The molecular formula is C22H14Cl2N2O. The van der Waals surface area contributed by atoms with E-state index >= 15 is 0 Å². The van der Waals surface area contributed by atoms with Gasteiger partial charge in [0.05, 0.1) is 11.6 Å². The zero-order valence-electron chi connectivity index (χ0n) is 14.1. The molecule has 0 saturated heterocycles. The molecule has 0 atom stereocenters. The van der Waals surface area contributed by atoms with Crippen LogP contribution < -0.4 is 5.32 Å². The van der Waals surface area contributed by atoms with Crippen LogP contribution in [0.1, 0.15) is 11.1 Å². The molecule has 0 unspecified atom stereocenters. The average Bonchev–Trinajstić information content (AvgIpc) is 2.68.